The summed E-state index contributed by atoms with van der Waals surface area (Å²) in [6.07, 6.45) is 4.67. The van der Waals surface area contributed by atoms with Crippen molar-refractivity contribution < 1.29 is 9.53 Å². The first-order valence-electron chi connectivity index (χ1n) is 4.29. The molecule has 0 aromatic carbocycles. The third-order valence-corrected chi connectivity index (χ3v) is 2.64. The molecule has 3 heteroatoms. The normalized spacial score (nSPS) is 36.9. The lowest BCUT2D eigenvalue weighted by atomic mass is 9.84. The van der Waals surface area contributed by atoms with Crippen LogP contribution in [0.15, 0.2) is 0 Å². The first-order valence-corrected chi connectivity index (χ1v) is 4.29. The molecule has 1 N–H and O–H groups in total. The fraction of sp³-hybridized carbons (Fsp3) is 0.875. The molecule has 1 amide bonds. The van der Waals surface area contributed by atoms with Crippen molar-refractivity contribution in [2.24, 2.45) is 5.92 Å². The lowest BCUT2D eigenvalue weighted by molar-refractivity contribution is 0.0649. The average molecular weight is 155 g/mol. The van der Waals surface area contributed by atoms with Gasteiger partial charge < -0.3 is 10.1 Å². The quantitative estimate of drug-likeness (QED) is 0.572. The number of cyclic esters (lactones) is 1. The van der Waals surface area contributed by atoms with Gasteiger partial charge in [0.25, 0.3) is 0 Å². The zero-order chi connectivity index (χ0) is 7.68. The first-order chi connectivity index (χ1) is 5.36. The molecule has 0 bridgehead atoms. The van der Waals surface area contributed by atoms with E-state index in [9.17, 15) is 4.79 Å². The number of fused-ring (bicyclic) bond motifs is 1. The number of rotatable bonds is 0. The lowest BCUT2D eigenvalue weighted by Gasteiger charge is -2.35. The molecule has 3 nitrogen and oxygen atoms in total. The smallest absolute Gasteiger partial charge is 0.407 e. The van der Waals surface area contributed by atoms with E-state index in [1.165, 1.54) is 19.3 Å². The maximum Gasteiger partial charge on any atom is 0.407 e. The van der Waals surface area contributed by atoms with Crippen molar-refractivity contribution in [1.82, 2.24) is 5.32 Å². The van der Waals surface area contributed by atoms with E-state index in [0.29, 0.717) is 18.6 Å². The van der Waals surface area contributed by atoms with Crippen molar-refractivity contribution in [2.75, 3.05) is 6.61 Å². The number of amides is 1. The van der Waals surface area contributed by atoms with Gasteiger partial charge in [-0.25, -0.2) is 4.79 Å². The summed E-state index contributed by atoms with van der Waals surface area (Å²) < 4.78 is 4.90. The Kier molecular flexibility index (Phi) is 1.72. The number of hydrogen-bond acceptors (Lipinski definition) is 2. The van der Waals surface area contributed by atoms with Crippen LogP contribution in [0, 0.1) is 5.92 Å². The maximum absolute atomic E-state index is 10.8. The Morgan fingerprint density at radius 3 is 3.09 bits per heavy atom. The second-order valence-corrected chi connectivity index (χ2v) is 3.39. The molecule has 0 spiro atoms. The van der Waals surface area contributed by atoms with Crippen molar-refractivity contribution in [1.29, 1.82) is 0 Å². The predicted molar refractivity (Wildman–Crippen MR) is 40.2 cm³/mol. The molecule has 11 heavy (non-hydrogen) atoms. The van der Waals surface area contributed by atoms with Gasteiger partial charge in [0.1, 0.15) is 0 Å². The van der Waals surface area contributed by atoms with Crippen LogP contribution < -0.4 is 5.32 Å². The second kappa shape index (κ2) is 2.72. The van der Waals surface area contributed by atoms with Crippen molar-refractivity contribution in [3.05, 3.63) is 0 Å². The molecule has 1 saturated heterocycles. The number of carbonyl (C=O) groups excluding carboxylic acids is 1. The topological polar surface area (TPSA) is 38.3 Å². The van der Waals surface area contributed by atoms with E-state index in [2.05, 4.69) is 5.32 Å². The van der Waals surface area contributed by atoms with Crippen LogP contribution in [0.2, 0.25) is 0 Å². The van der Waals surface area contributed by atoms with Gasteiger partial charge in [0.15, 0.2) is 0 Å². The minimum absolute atomic E-state index is 0.229. The van der Waals surface area contributed by atoms with Gasteiger partial charge in [0.05, 0.1) is 6.61 Å². The maximum atomic E-state index is 10.8. The van der Waals surface area contributed by atoms with E-state index in [0.717, 1.165) is 6.42 Å². The number of ether oxygens (including phenoxy) is 1. The van der Waals surface area contributed by atoms with Crippen LogP contribution in [-0.2, 0) is 4.74 Å². The van der Waals surface area contributed by atoms with Crippen molar-refractivity contribution >= 4 is 6.09 Å². The molecule has 0 unspecified atom stereocenters. The van der Waals surface area contributed by atoms with Gasteiger partial charge in [0, 0.05) is 12.0 Å². The Bertz CT molecular complexity index is 169. The van der Waals surface area contributed by atoms with Crippen LogP contribution in [0.25, 0.3) is 0 Å². The number of carbonyl (C=O) groups is 1. The molecule has 2 rings (SSSR count). The molecule has 0 radical (unpaired) electrons. The van der Waals surface area contributed by atoms with Crippen molar-refractivity contribution in [2.45, 2.75) is 31.7 Å². The summed E-state index contributed by atoms with van der Waals surface area (Å²) in [4.78, 5) is 10.8. The van der Waals surface area contributed by atoms with Gasteiger partial charge in [-0.2, -0.15) is 0 Å². The largest absolute Gasteiger partial charge is 0.449 e. The Hall–Kier alpha value is -0.730. The number of hydrogen-bond donors (Lipinski definition) is 1. The monoisotopic (exact) mass is 155 g/mol. The molecule has 1 heterocycles. The highest BCUT2D eigenvalue weighted by atomic mass is 16.6. The van der Waals surface area contributed by atoms with Gasteiger partial charge in [-0.15, -0.1) is 0 Å². The van der Waals surface area contributed by atoms with E-state index in [1.807, 2.05) is 0 Å². The molecule has 1 saturated carbocycles. The van der Waals surface area contributed by atoms with E-state index in [-0.39, 0.29) is 6.09 Å². The summed E-state index contributed by atoms with van der Waals surface area (Å²) in [7, 11) is 0. The molecule has 1 aliphatic heterocycles. The van der Waals surface area contributed by atoms with Gasteiger partial charge in [-0.3, -0.25) is 0 Å². The minimum atomic E-state index is -0.229. The minimum Gasteiger partial charge on any atom is -0.449 e. The molecule has 62 valence electrons. The molecule has 2 fully saturated rings. The third kappa shape index (κ3) is 1.32. The Morgan fingerprint density at radius 1 is 1.36 bits per heavy atom. The Balaban J connectivity index is 1.98. The van der Waals surface area contributed by atoms with Gasteiger partial charge >= 0.3 is 6.09 Å². The Labute approximate surface area is 66.1 Å². The fourth-order valence-electron chi connectivity index (χ4n) is 1.97. The van der Waals surface area contributed by atoms with E-state index in [1.54, 1.807) is 0 Å². The second-order valence-electron chi connectivity index (χ2n) is 3.39. The summed E-state index contributed by atoms with van der Waals surface area (Å²) >= 11 is 0. The van der Waals surface area contributed by atoms with Crippen LogP contribution >= 0.6 is 0 Å². The van der Waals surface area contributed by atoms with Crippen LogP contribution in [-0.4, -0.2) is 18.7 Å². The van der Waals surface area contributed by atoms with Crippen molar-refractivity contribution in [3.8, 4) is 0 Å². The number of alkyl carbamates (subject to hydrolysis) is 1. The van der Waals surface area contributed by atoms with E-state index in [4.69, 9.17) is 4.74 Å². The molecule has 2 atom stereocenters. The standard InChI is InChI=1S/C8H13NO2/c10-8-9-7-4-2-1-3-6(7)5-11-8/h6-7H,1-5H2,(H,9,10)/t6-,7-/m0/s1. The Morgan fingerprint density at radius 2 is 2.18 bits per heavy atom. The lowest BCUT2D eigenvalue weighted by Crippen LogP contribution is -2.49. The van der Waals surface area contributed by atoms with E-state index >= 15 is 0 Å². The fourth-order valence-corrected chi connectivity index (χ4v) is 1.97. The molecule has 0 aromatic rings. The zero-order valence-electron chi connectivity index (χ0n) is 6.51. The van der Waals surface area contributed by atoms with E-state index < -0.39 is 0 Å². The summed E-state index contributed by atoms with van der Waals surface area (Å²) in [5.74, 6) is 0.585. The van der Waals surface area contributed by atoms with Crippen LogP contribution in [0.3, 0.4) is 0 Å². The highest BCUT2D eigenvalue weighted by Crippen LogP contribution is 2.26. The summed E-state index contributed by atoms with van der Waals surface area (Å²) in [5, 5.41) is 2.86. The molecule has 2 aliphatic rings. The summed E-state index contributed by atoms with van der Waals surface area (Å²) in [6.45, 7) is 0.635. The zero-order valence-corrected chi connectivity index (χ0v) is 6.51. The van der Waals surface area contributed by atoms with Crippen molar-refractivity contribution in [3.63, 3.8) is 0 Å². The molecular formula is C8H13NO2. The highest BCUT2D eigenvalue weighted by Gasteiger charge is 2.31. The van der Waals surface area contributed by atoms with Crippen LogP contribution in [0.4, 0.5) is 4.79 Å². The predicted octanol–water partition coefficient (Wildman–Crippen LogP) is 1.28. The van der Waals surface area contributed by atoms with Crippen LogP contribution in [0.1, 0.15) is 25.7 Å². The van der Waals surface area contributed by atoms with Crippen LogP contribution in [0.5, 0.6) is 0 Å². The third-order valence-electron chi connectivity index (χ3n) is 2.64. The SMILES string of the molecule is O=C1N[C@H]2CCCC[C@H]2CO1. The van der Waals surface area contributed by atoms with Gasteiger partial charge in [-0.1, -0.05) is 12.8 Å². The molecule has 1 aliphatic carbocycles. The average Bonchev–Trinajstić information content (AvgIpc) is 2.04. The number of nitrogens with one attached hydrogen (secondary N) is 1. The molecular weight excluding hydrogens is 142 g/mol. The van der Waals surface area contributed by atoms with Gasteiger partial charge in [-0.05, 0) is 12.8 Å². The summed E-state index contributed by atoms with van der Waals surface area (Å²) in [6, 6.07) is 0.407. The van der Waals surface area contributed by atoms with Gasteiger partial charge in [0.2, 0.25) is 0 Å². The summed E-state index contributed by atoms with van der Waals surface area (Å²) in [5.41, 5.74) is 0. The first kappa shape index (κ1) is 6.95. The highest BCUT2D eigenvalue weighted by molar-refractivity contribution is 5.68. The molecule has 0 aromatic heterocycles.